The summed E-state index contributed by atoms with van der Waals surface area (Å²) < 4.78 is 0. The number of rotatable bonds is 2. The molecular formula is C12H13NOS. The van der Waals surface area contributed by atoms with E-state index < -0.39 is 6.10 Å². The molecule has 1 aromatic carbocycles. The number of aliphatic hydroxyl groups excluding tert-OH is 1. The SMILES string of the molecule is Cc1cccc(C(O)c2cnc(C)s2)c1. The van der Waals surface area contributed by atoms with E-state index in [0.29, 0.717) is 0 Å². The van der Waals surface area contributed by atoms with Crippen molar-refractivity contribution in [2.45, 2.75) is 20.0 Å². The maximum absolute atomic E-state index is 10.1. The predicted molar refractivity (Wildman–Crippen MR) is 62.1 cm³/mol. The molecule has 0 spiro atoms. The fraction of sp³-hybridized carbons (Fsp3) is 0.250. The zero-order valence-corrected chi connectivity index (χ0v) is 9.58. The molecule has 0 saturated carbocycles. The first-order chi connectivity index (χ1) is 7.16. The van der Waals surface area contributed by atoms with Gasteiger partial charge in [-0.2, -0.15) is 0 Å². The lowest BCUT2D eigenvalue weighted by molar-refractivity contribution is 0.224. The van der Waals surface area contributed by atoms with E-state index in [4.69, 9.17) is 0 Å². The Morgan fingerprint density at radius 1 is 1.33 bits per heavy atom. The molecule has 0 fully saturated rings. The van der Waals surface area contributed by atoms with Gasteiger partial charge in [0.25, 0.3) is 0 Å². The molecule has 2 nitrogen and oxygen atoms in total. The van der Waals surface area contributed by atoms with Gasteiger partial charge < -0.3 is 5.11 Å². The van der Waals surface area contributed by atoms with Gasteiger partial charge in [-0.05, 0) is 19.4 Å². The largest absolute Gasteiger partial charge is 0.383 e. The topological polar surface area (TPSA) is 33.1 Å². The summed E-state index contributed by atoms with van der Waals surface area (Å²) in [5.74, 6) is 0. The Morgan fingerprint density at radius 2 is 2.13 bits per heavy atom. The molecule has 1 N–H and O–H groups in total. The molecule has 0 bridgehead atoms. The second kappa shape index (κ2) is 4.13. The van der Waals surface area contributed by atoms with Crippen molar-refractivity contribution < 1.29 is 5.11 Å². The van der Waals surface area contributed by atoms with E-state index in [0.717, 1.165) is 21.0 Å². The Kier molecular flexibility index (Phi) is 2.84. The maximum atomic E-state index is 10.1. The van der Waals surface area contributed by atoms with Gasteiger partial charge in [0.2, 0.25) is 0 Å². The summed E-state index contributed by atoms with van der Waals surface area (Å²) >= 11 is 1.54. The Balaban J connectivity index is 2.32. The lowest BCUT2D eigenvalue weighted by Gasteiger charge is -2.08. The first-order valence-electron chi connectivity index (χ1n) is 4.84. The van der Waals surface area contributed by atoms with Gasteiger partial charge in [0.1, 0.15) is 6.10 Å². The van der Waals surface area contributed by atoms with Crippen LogP contribution in [0, 0.1) is 13.8 Å². The van der Waals surface area contributed by atoms with Crippen molar-refractivity contribution in [3.8, 4) is 0 Å². The highest BCUT2D eigenvalue weighted by molar-refractivity contribution is 7.11. The maximum Gasteiger partial charge on any atom is 0.115 e. The monoisotopic (exact) mass is 219 g/mol. The quantitative estimate of drug-likeness (QED) is 0.842. The van der Waals surface area contributed by atoms with Gasteiger partial charge in [-0.15, -0.1) is 11.3 Å². The van der Waals surface area contributed by atoms with E-state index in [-0.39, 0.29) is 0 Å². The number of aryl methyl sites for hydroxylation is 2. The highest BCUT2D eigenvalue weighted by Crippen LogP contribution is 2.26. The van der Waals surface area contributed by atoms with Gasteiger partial charge >= 0.3 is 0 Å². The van der Waals surface area contributed by atoms with Crippen LogP contribution in [0.3, 0.4) is 0 Å². The minimum atomic E-state index is -0.545. The standard InChI is InChI=1S/C12H13NOS/c1-8-4-3-5-10(6-8)12(14)11-7-13-9(2)15-11/h3-7,12,14H,1-2H3. The Labute approximate surface area is 93.2 Å². The van der Waals surface area contributed by atoms with Crippen LogP contribution < -0.4 is 0 Å². The molecule has 1 atom stereocenters. The van der Waals surface area contributed by atoms with Crippen molar-refractivity contribution in [1.29, 1.82) is 0 Å². The Morgan fingerprint density at radius 3 is 2.73 bits per heavy atom. The van der Waals surface area contributed by atoms with E-state index in [1.165, 1.54) is 11.3 Å². The number of benzene rings is 1. The normalized spacial score (nSPS) is 12.7. The molecule has 1 heterocycles. The van der Waals surface area contributed by atoms with Gasteiger partial charge in [0, 0.05) is 6.20 Å². The van der Waals surface area contributed by atoms with E-state index >= 15 is 0 Å². The summed E-state index contributed by atoms with van der Waals surface area (Å²) in [5.41, 5.74) is 2.09. The van der Waals surface area contributed by atoms with Crippen molar-refractivity contribution >= 4 is 11.3 Å². The van der Waals surface area contributed by atoms with Crippen LogP contribution in [0.25, 0.3) is 0 Å². The second-order valence-electron chi connectivity index (χ2n) is 3.60. The van der Waals surface area contributed by atoms with E-state index in [1.807, 2.05) is 38.1 Å². The zero-order chi connectivity index (χ0) is 10.8. The number of aliphatic hydroxyl groups is 1. The van der Waals surface area contributed by atoms with Crippen LogP contribution in [0.4, 0.5) is 0 Å². The molecule has 78 valence electrons. The molecular weight excluding hydrogens is 206 g/mol. The third-order valence-corrected chi connectivity index (χ3v) is 3.23. The molecule has 0 amide bonds. The number of aromatic nitrogens is 1. The zero-order valence-electron chi connectivity index (χ0n) is 8.77. The molecule has 0 saturated heterocycles. The van der Waals surface area contributed by atoms with Crippen LogP contribution in [0.1, 0.15) is 27.1 Å². The summed E-state index contributed by atoms with van der Waals surface area (Å²) in [7, 11) is 0. The minimum absolute atomic E-state index is 0.545. The summed E-state index contributed by atoms with van der Waals surface area (Å²) in [6, 6.07) is 7.92. The van der Waals surface area contributed by atoms with Crippen molar-refractivity contribution in [3.05, 3.63) is 51.5 Å². The molecule has 15 heavy (non-hydrogen) atoms. The summed E-state index contributed by atoms with van der Waals surface area (Å²) in [5, 5.41) is 11.1. The van der Waals surface area contributed by atoms with E-state index in [1.54, 1.807) is 6.20 Å². The average Bonchev–Trinajstić information content (AvgIpc) is 2.64. The van der Waals surface area contributed by atoms with Crippen LogP contribution in [0.5, 0.6) is 0 Å². The van der Waals surface area contributed by atoms with Crippen LogP contribution in [0.2, 0.25) is 0 Å². The highest BCUT2D eigenvalue weighted by Gasteiger charge is 2.12. The summed E-state index contributed by atoms with van der Waals surface area (Å²) in [6.45, 7) is 3.96. The first kappa shape index (κ1) is 10.3. The highest BCUT2D eigenvalue weighted by atomic mass is 32.1. The molecule has 0 aliphatic heterocycles. The smallest absolute Gasteiger partial charge is 0.115 e. The molecule has 0 radical (unpaired) electrons. The van der Waals surface area contributed by atoms with Gasteiger partial charge in [0.05, 0.1) is 9.88 Å². The fourth-order valence-corrected chi connectivity index (χ4v) is 2.31. The van der Waals surface area contributed by atoms with Crippen LogP contribution >= 0.6 is 11.3 Å². The van der Waals surface area contributed by atoms with Crippen LogP contribution in [0.15, 0.2) is 30.5 Å². The number of nitrogens with zero attached hydrogens (tertiary/aromatic N) is 1. The van der Waals surface area contributed by atoms with Gasteiger partial charge in [-0.3, -0.25) is 0 Å². The predicted octanol–water partition coefficient (Wildman–Crippen LogP) is 2.84. The van der Waals surface area contributed by atoms with Crippen molar-refractivity contribution in [3.63, 3.8) is 0 Å². The van der Waals surface area contributed by atoms with Crippen LogP contribution in [-0.2, 0) is 0 Å². The van der Waals surface area contributed by atoms with Crippen molar-refractivity contribution in [2.75, 3.05) is 0 Å². The Hall–Kier alpha value is -1.19. The van der Waals surface area contributed by atoms with E-state index in [2.05, 4.69) is 4.98 Å². The lowest BCUT2D eigenvalue weighted by atomic mass is 10.1. The van der Waals surface area contributed by atoms with Crippen LogP contribution in [-0.4, -0.2) is 10.1 Å². The van der Waals surface area contributed by atoms with Crippen molar-refractivity contribution in [2.24, 2.45) is 0 Å². The fourth-order valence-electron chi connectivity index (χ4n) is 1.51. The molecule has 1 unspecified atom stereocenters. The first-order valence-corrected chi connectivity index (χ1v) is 5.65. The number of thiazole rings is 1. The molecule has 2 aromatic rings. The molecule has 0 aliphatic rings. The van der Waals surface area contributed by atoms with E-state index in [9.17, 15) is 5.11 Å². The molecule has 1 aromatic heterocycles. The van der Waals surface area contributed by atoms with Crippen molar-refractivity contribution in [1.82, 2.24) is 4.98 Å². The molecule has 2 rings (SSSR count). The number of hydrogen-bond acceptors (Lipinski definition) is 3. The number of hydrogen-bond donors (Lipinski definition) is 1. The molecule has 0 aliphatic carbocycles. The Bertz CT molecular complexity index is 464. The van der Waals surface area contributed by atoms with Gasteiger partial charge in [-0.1, -0.05) is 29.8 Å². The summed E-state index contributed by atoms with van der Waals surface area (Å²) in [6.07, 6.45) is 1.20. The van der Waals surface area contributed by atoms with Gasteiger partial charge in [-0.25, -0.2) is 4.98 Å². The second-order valence-corrected chi connectivity index (χ2v) is 4.86. The third-order valence-electron chi connectivity index (χ3n) is 2.27. The average molecular weight is 219 g/mol. The summed E-state index contributed by atoms with van der Waals surface area (Å²) in [4.78, 5) is 5.05. The minimum Gasteiger partial charge on any atom is -0.383 e. The lowest BCUT2D eigenvalue weighted by Crippen LogP contribution is -1.96. The molecule has 3 heteroatoms. The van der Waals surface area contributed by atoms with Gasteiger partial charge in [0.15, 0.2) is 0 Å². The third kappa shape index (κ3) is 2.25.